The number of nitrogens with zero attached hydrogens (tertiary/aromatic N) is 3. The molecule has 0 bridgehead atoms. The molecule has 1 unspecified atom stereocenters. The molecule has 0 aliphatic carbocycles. The van der Waals surface area contributed by atoms with Gasteiger partial charge < -0.3 is 4.90 Å². The molecule has 24 heavy (non-hydrogen) atoms. The van der Waals surface area contributed by atoms with E-state index in [2.05, 4.69) is 25.3 Å². The summed E-state index contributed by atoms with van der Waals surface area (Å²) in [5.41, 5.74) is 4.39. The highest BCUT2D eigenvalue weighted by Gasteiger charge is 2.35. The maximum atomic E-state index is 12.3. The van der Waals surface area contributed by atoms with Crippen LogP contribution in [0.3, 0.4) is 0 Å². The summed E-state index contributed by atoms with van der Waals surface area (Å²) in [5, 5.41) is 4.84. The second-order valence-electron chi connectivity index (χ2n) is 5.93. The minimum Gasteiger partial charge on any atom is -0.326 e. The van der Waals surface area contributed by atoms with Crippen LogP contribution in [0, 0.1) is 13.8 Å². The molecule has 2 aromatic rings. The second-order valence-corrected chi connectivity index (χ2v) is 7.98. The van der Waals surface area contributed by atoms with Gasteiger partial charge in [-0.05, 0) is 44.4 Å². The lowest BCUT2D eigenvalue weighted by molar-refractivity contribution is -0.128. The van der Waals surface area contributed by atoms with Crippen LogP contribution in [0.5, 0.6) is 0 Å². The fraction of sp³-hybridized carbons (Fsp3) is 0.444. The molecule has 0 N–H and O–H groups in total. The van der Waals surface area contributed by atoms with Crippen LogP contribution in [0.4, 0.5) is 0 Å². The summed E-state index contributed by atoms with van der Waals surface area (Å²) in [5.74, 6) is 1.90. The smallest absolute Gasteiger partial charge is 0.233 e. The molecule has 1 fully saturated rings. The zero-order chi connectivity index (χ0) is 17.1. The molecule has 128 valence electrons. The monoisotopic (exact) mass is 361 g/mol. The van der Waals surface area contributed by atoms with Crippen molar-refractivity contribution in [2.24, 2.45) is 0 Å². The quantitative estimate of drug-likeness (QED) is 0.733. The fourth-order valence-electron chi connectivity index (χ4n) is 3.15. The third-order valence-corrected chi connectivity index (χ3v) is 6.23. The molecule has 1 aliphatic heterocycles. The largest absolute Gasteiger partial charge is 0.326 e. The van der Waals surface area contributed by atoms with E-state index >= 15 is 0 Å². The Kier molecular flexibility index (Phi) is 5.56. The third-order valence-electron chi connectivity index (χ3n) is 4.31. The van der Waals surface area contributed by atoms with Gasteiger partial charge in [0.05, 0.1) is 17.1 Å². The number of hydrogen-bond acceptors (Lipinski definition) is 4. The molecule has 1 saturated heterocycles. The van der Waals surface area contributed by atoms with E-state index in [0.717, 1.165) is 35.8 Å². The number of aromatic nitrogens is 2. The molecule has 0 spiro atoms. The van der Waals surface area contributed by atoms with E-state index in [-0.39, 0.29) is 11.3 Å². The van der Waals surface area contributed by atoms with Crippen LogP contribution in [-0.4, -0.2) is 44.9 Å². The number of benzene rings is 1. The lowest BCUT2D eigenvalue weighted by Gasteiger charge is -2.24. The second kappa shape index (κ2) is 7.66. The average Bonchev–Trinajstić information content (AvgIpc) is 3.08. The van der Waals surface area contributed by atoms with Gasteiger partial charge in [-0.1, -0.05) is 18.2 Å². The Hall–Kier alpha value is -1.40. The van der Waals surface area contributed by atoms with E-state index in [4.69, 9.17) is 5.10 Å². The lowest BCUT2D eigenvalue weighted by Crippen LogP contribution is -2.30. The minimum absolute atomic E-state index is 0.0943. The van der Waals surface area contributed by atoms with E-state index in [1.54, 1.807) is 11.8 Å². The van der Waals surface area contributed by atoms with Crippen LogP contribution in [0.25, 0.3) is 5.69 Å². The predicted octanol–water partition coefficient (Wildman–Crippen LogP) is 3.82. The number of carbonyl (C=O) groups is 1. The van der Waals surface area contributed by atoms with E-state index < -0.39 is 0 Å². The highest BCUT2D eigenvalue weighted by molar-refractivity contribution is 8.00. The first kappa shape index (κ1) is 17.4. The van der Waals surface area contributed by atoms with Crippen LogP contribution in [-0.2, 0) is 4.79 Å². The van der Waals surface area contributed by atoms with E-state index in [9.17, 15) is 4.79 Å². The molecule has 3 rings (SSSR count). The number of hydrogen-bond donors (Lipinski definition) is 0. The van der Waals surface area contributed by atoms with E-state index in [1.165, 1.54) is 5.56 Å². The minimum atomic E-state index is 0.0943. The van der Waals surface area contributed by atoms with Gasteiger partial charge >= 0.3 is 0 Å². The predicted molar refractivity (Wildman–Crippen MR) is 103 cm³/mol. The molecule has 0 saturated carbocycles. The van der Waals surface area contributed by atoms with Gasteiger partial charge in [0.15, 0.2) is 0 Å². The van der Waals surface area contributed by atoms with Crippen molar-refractivity contribution in [3.8, 4) is 5.69 Å². The normalized spacial score (nSPS) is 17.7. The molecule has 0 radical (unpaired) electrons. The third kappa shape index (κ3) is 3.35. The zero-order valence-corrected chi connectivity index (χ0v) is 16.0. The van der Waals surface area contributed by atoms with Gasteiger partial charge in [0, 0.05) is 17.8 Å². The maximum absolute atomic E-state index is 12.3. The standard InChI is InChI=1S/C18H23N3OS2/c1-13-17(14(2)21(19-13)15-8-5-4-6-9-15)18-20(10-7-11-23-3)16(22)12-24-18/h4-6,8-9,18H,7,10-12H2,1-3H3. The summed E-state index contributed by atoms with van der Waals surface area (Å²) in [6.07, 6.45) is 3.14. The zero-order valence-electron chi connectivity index (χ0n) is 14.4. The van der Waals surface area contributed by atoms with Crippen molar-refractivity contribution < 1.29 is 4.79 Å². The molecule has 4 nitrogen and oxygen atoms in total. The Morgan fingerprint density at radius 3 is 2.75 bits per heavy atom. The number of aryl methyl sites for hydroxylation is 1. The van der Waals surface area contributed by atoms with Gasteiger partial charge in [-0.15, -0.1) is 11.8 Å². The Morgan fingerprint density at radius 1 is 1.29 bits per heavy atom. The molecular weight excluding hydrogens is 338 g/mol. The number of amides is 1. The first-order chi connectivity index (χ1) is 11.6. The van der Waals surface area contributed by atoms with Crippen molar-refractivity contribution in [3.63, 3.8) is 0 Å². The van der Waals surface area contributed by atoms with Crippen LogP contribution >= 0.6 is 23.5 Å². The van der Waals surface area contributed by atoms with E-state index in [0.29, 0.717) is 5.75 Å². The Morgan fingerprint density at radius 2 is 2.04 bits per heavy atom. The first-order valence-electron chi connectivity index (χ1n) is 8.15. The van der Waals surface area contributed by atoms with Gasteiger partial charge in [0.2, 0.25) is 5.91 Å². The van der Waals surface area contributed by atoms with Crippen molar-refractivity contribution in [3.05, 3.63) is 47.3 Å². The van der Waals surface area contributed by atoms with Gasteiger partial charge in [0.1, 0.15) is 5.37 Å². The molecular formula is C18H23N3OS2. The number of rotatable bonds is 6. The van der Waals surface area contributed by atoms with Crippen molar-refractivity contribution in [1.82, 2.24) is 14.7 Å². The highest BCUT2D eigenvalue weighted by atomic mass is 32.2. The van der Waals surface area contributed by atoms with Gasteiger partial charge in [-0.3, -0.25) is 4.79 Å². The molecule has 2 heterocycles. The summed E-state index contributed by atoms with van der Waals surface area (Å²) < 4.78 is 1.99. The fourth-order valence-corrected chi connectivity index (χ4v) is 4.94. The SMILES string of the molecule is CSCCCN1C(=O)CSC1c1c(C)nn(-c2ccccc2)c1C. The summed E-state index contributed by atoms with van der Waals surface area (Å²) in [6, 6.07) is 10.2. The Bertz CT molecular complexity index is 715. The Balaban J connectivity index is 1.91. The van der Waals surface area contributed by atoms with E-state index in [1.807, 2.05) is 46.5 Å². The van der Waals surface area contributed by atoms with Crippen LogP contribution in [0.15, 0.2) is 30.3 Å². The average molecular weight is 362 g/mol. The molecule has 1 aromatic carbocycles. The topological polar surface area (TPSA) is 38.1 Å². The summed E-state index contributed by atoms with van der Waals surface area (Å²) >= 11 is 3.55. The molecule has 1 atom stereocenters. The highest BCUT2D eigenvalue weighted by Crippen LogP contribution is 2.41. The summed E-state index contributed by atoms with van der Waals surface area (Å²) in [6.45, 7) is 4.98. The first-order valence-corrected chi connectivity index (χ1v) is 10.6. The van der Waals surface area contributed by atoms with Crippen molar-refractivity contribution in [2.75, 3.05) is 24.3 Å². The van der Waals surface area contributed by atoms with Crippen LogP contribution < -0.4 is 0 Å². The lowest BCUT2D eigenvalue weighted by atomic mass is 10.1. The number of thioether (sulfide) groups is 2. The van der Waals surface area contributed by atoms with Crippen LogP contribution in [0.2, 0.25) is 0 Å². The van der Waals surface area contributed by atoms with Gasteiger partial charge in [-0.25, -0.2) is 4.68 Å². The van der Waals surface area contributed by atoms with Crippen molar-refractivity contribution >= 4 is 29.4 Å². The molecule has 1 aromatic heterocycles. The summed E-state index contributed by atoms with van der Waals surface area (Å²) in [4.78, 5) is 14.4. The van der Waals surface area contributed by atoms with Gasteiger partial charge in [0.25, 0.3) is 0 Å². The molecule has 1 aliphatic rings. The molecule has 6 heteroatoms. The van der Waals surface area contributed by atoms with Crippen molar-refractivity contribution in [1.29, 1.82) is 0 Å². The number of carbonyl (C=O) groups excluding carboxylic acids is 1. The van der Waals surface area contributed by atoms with Crippen LogP contribution in [0.1, 0.15) is 28.7 Å². The Labute approximate surface area is 152 Å². The summed E-state index contributed by atoms with van der Waals surface area (Å²) in [7, 11) is 0. The van der Waals surface area contributed by atoms with Crippen molar-refractivity contribution in [2.45, 2.75) is 25.6 Å². The molecule has 1 amide bonds. The van der Waals surface area contributed by atoms with Gasteiger partial charge in [-0.2, -0.15) is 16.9 Å². The maximum Gasteiger partial charge on any atom is 0.233 e. The number of para-hydroxylation sites is 1.